The molecule has 0 amide bonds. The maximum absolute atomic E-state index is 5.54. The van der Waals surface area contributed by atoms with Crippen LogP contribution in [0.2, 0.25) is 0 Å². The van der Waals surface area contributed by atoms with Crippen LogP contribution in [-0.4, -0.2) is 64.8 Å². The van der Waals surface area contributed by atoms with Crippen LogP contribution >= 0.6 is 11.8 Å². The molecule has 6 heteroatoms. The van der Waals surface area contributed by atoms with Crippen LogP contribution in [0.4, 0.5) is 5.82 Å². The molecule has 0 bridgehead atoms. The Bertz CT molecular complexity index is 663. The molecule has 2 fully saturated rings. The van der Waals surface area contributed by atoms with E-state index in [9.17, 15) is 0 Å². The summed E-state index contributed by atoms with van der Waals surface area (Å²) < 4.78 is 5.54. The zero-order valence-corrected chi connectivity index (χ0v) is 14.0. The highest BCUT2D eigenvalue weighted by atomic mass is 32.2. The van der Waals surface area contributed by atoms with Crippen molar-refractivity contribution in [3.05, 3.63) is 30.6 Å². The van der Waals surface area contributed by atoms with Crippen molar-refractivity contribution in [1.29, 1.82) is 0 Å². The number of nitrogens with one attached hydrogen (secondary N) is 1. The maximum atomic E-state index is 5.54. The average Bonchev–Trinajstić information content (AvgIpc) is 3.11. The number of fused-ring (bicyclic) bond motifs is 1. The largest absolute Gasteiger partial charge is 0.379 e. The molecule has 1 aromatic carbocycles. The van der Waals surface area contributed by atoms with E-state index in [0.717, 1.165) is 49.6 Å². The standard InChI is InChI=1S/C17H22N4OS/c1-2-4-15-14(3-1)16(20-13-19-15)18-11-17(5-10-23-12-17)21-6-8-22-9-7-21/h1-4,13H,5-12H2,(H,18,19,20)/t17-/m0/s1. The van der Waals surface area contributed by atoms with Gasteiger partial charge in [-0.25, -0.2) is 9.97 Å². The Kier molecular flexibility index (Phi) is 4.37. The zero-order chi connectivity index (χ0) is 15.5. The van der Waals surface area contributed by atoms with Gasteiger partial charge in [0, 0.05) is 36.3 Å². The summed E-state index contributed by atoms with van der Waals surface area (Å²) in [6.07, 6.45) is 2.88. The fourth-order valence-corrected chi connectivity index (χ4v) is 5.01. The van der Waals surface area contributed by atoms with Gasteiger partial charge in [-0.2, -0.15) is 11.8 Å². The first-order valence-electron chi connectivity index (χ1n) is 8.22. The lowest BCUT2D eigenvalue weighted by molar-refractivity contribution is -0.00921. The van der Waals surface area contributed by atoms with Gasteiger partial charge in [-0.1, -0.05) is 12.1 Å². The number of nitrogens with zero attached hydrogens (tertiary/aromatic N) is 3. The second-order valence-corrected chi connectivity index (χ2v) is 7.32. The molecular formula is C17H22N4OS. The fourth-order valence-electron chi connectivity index (χ4n) is 3.53. The van der Waals surface area contributed by atoms with Gasteiger partial charge < -0.3 is 10.1 Å². The third-order valence-corrected chi connectivity index (χ3v) is 6.13. The average molecular weight is 330 g/mol. The minimum Gasteiger partial charge on any atom is -0.379 e. The molecule has 0 radical (unpaired) electrons. The van der Waals surface area contributed by atoms with Crippen molar-refractivity contribution in [3.63, 3.8) is 0 Å². The lowest BCUT2D eigenvalue weighted by Gasteiger charge is -2.43. The number of thioether (sulfide) groups is 1. The number of ether oxygens (including phenoxy) is 1. The summed E-state index contributed by atoms with van der Waals surface area (Å²) in [5.41, 5.74) is 1.21. The molecule has 2 aromatic rings. The molecule has 1 N–H and O–H groups in total. The molecule has 3 heterocycles. The van der Waals surface area contributed by atoms with Gasteiger partial charge in [0.25, 0.3) is 0 Å². The predicted molar refractivity (Wildman–Crippen MR) is 95.1 cm³/mol. The van der Waals surface area contributed by atoms with Crippen molar-refractivity contribution < 1.29 is 4.74 Å². The Morgan fingerprint density at radius 2 is 2.09 bits per heavy atom. The van der Waals surface area contributed by atoms with Gasteiger partial charge in [0.1, 0.15) is 12.1 Å². The second-order valence-electron chi connectivity index (χ2n) is 6.22. The van der Waals surface area contributed by atoms with Crippen LogP contribution in [0.5, 0.6) is 0 Å². The van der Waals surface area contributed by atoms with E-state index < -0.39 is 0 Å². The summed E-state index contributed by atoms with van der Waals surface area (Å²) in [5, 5.41) is 4.72. The number of hydrogen-bond acceptors (Lipinski definition) is 6. The molecule has 1 aromatic heterocycles. The van der Waals surface area contributed by atoms with Gasteiger partial charge in [0.05, 0.1) is 18.7 Å². The fraction of sp³-hybridized carbons (Fsp3) is 0.529. The van der Waals surface area contributed by atoms with Crippen LogP contribution < -0.4 is 5.32 Å². The molecular weight excluding hydrogens is 308 g/mol. The SMILES string of the molecule is c1ccc2c(NC[C@@]3(N4CCOCC4)CCSC3)ncnc2c1. The van der Waals surface area contributed by atoms with E-state index in [1.165, 1.54) is 17.9 Å². The number of anilines is 1. The molecule has 5 nitrogen and oxygen atoms in total. The zero-order valence-electron chi connectivity index (χ0n) is 13.2. The second kappa shape index (κ2) is 6.63. The van der Waals surface area contributed by atoms with Crippen molar-refractivity contribution in [2.45, 2.75) is 12.0 Å². The Labute approximate surface area is 140 Å². The van der Waals surface area contributed by atoms with E-state index in [0.29, 0.717) is 0 Å². The van der Waals surface area contributed by atoms with Gasteiger partial charge in [-0.3, -0.25) is 4.90 Å². The van der Waals surface area contributed by atoms with Crippen LogP contribution in [0.1, 0.15) is 6.42 Å². The maximum Gasteiger partial charge on any atom is 0.137 e. The Morgan fingerprint density at radius 1 is 1.22 bits per heavy atom. The smallest absolute Gasteiger partial charge is 0.137 e. The minimum atomic E-state index is 0.223. The summed E-state index contributed by atoms with van der Waals surface area (Å²) in [5.74, 6) is 3.37. The number of hydrogen-bond donors (Lipinski definition) is 1. The monoisotopic (exact) mass is 330 g/mol. The molecule has 0 saturated carbocycles. The molecule has 2 aliphatic rings. The molecule has 0 aliphatic carbocycles. The Morgan fingerprint density at radius 3 is 2.91 bits per heavy atom. The van der Waals surface area contributed by atoms with E-state index in [4.69, 9.17) is 4.74 Å². The molecule has 0 unspecified atom stereocenters. The summed E-state index contributed by atoms with van der Waals surface area (Å²) in [6.45, 7) is 4.70. The Balaban J connectivity index is 1.55. The van der Waals surface area contributed by atoms with E-state index >= 15 is 0 Å². The molecule has 122 valence electrons. The van der Waals surface area contributed by atoms with Crippen LogP contribution in [0.15, 0.2) is 30.6 Å². The minimum absolute atomic E-state index is 0.223. The van der Waals surface area contributed by atoms with Gasteiger partial charge in [-0.15, -0.1) is 0 Å². The van der Waals surface area contributed by atoms with Crippen LogP contribution in [-0.2, 0) is 4.74 Å². The van der Waals surface area contributed by atoms with Crippen molar-refractivity contribution in [3.8, 4) is 0 Å². The number of benzene rings is 1. The van der Waals surface area contributed by atoms with Crippen LogP contribution in [0.25, 0.3) is 10.9 Å². The quantitative estimate of drug-likeness (QED) is 0.928. The molecule has 2 saturated heterocycles. The first-order chi connectivity index (χ1) is 11.4. The van der Waals surface area contributed by atoms with Gasteiger partial charge in [-0.05, 0) is 24.3 Å². The van der Waals surface area contributed by atoms with E-state index in [-0.39, 0.29) is 5.54 Å². The summed E-state index contributed by atoms with van der Waals surface area (Å²) >= 11 is 2.06. The lowest BCUT2D eigenvalue weighted by Crippen LogP contribution is -2.57. The topological polar surface area (TPSA) is 50.3 Å². The summed E-state index contributed by atoms with van der Waals surface area (Å²) in [6, 6.07) is 8.18. The lowest BCUT2D eigenvalue weighted by atomic mass is 9.95. The summed E-state index contributed by atoms with van der Waals surface area (Å²) in [4.78, 5) is 11.4. The predicted octanol–water partition coefficient (Wildman–Crippen LogP) is 2.25. The highest BCUT2D eigenvalue weighted by Crippen LogP contribution is 2.34. The van der Waals surface area contributed by atoms with E-state index in [2.05, 4.69) is 38.0 Å². The van der Waals surface area contributed by atoms with Crippen molar-refractivity contribution in [2.24, 2.45) is 0 Å². The highest BCUT2D eigenvalue weighted by Gasteiger charge is 2.40. The molecule has 23 heavy (non-hydrogen) atoms. The van der Waals surface area contributed by atoms with Crippen LogP contribution in [0.3, 0.4) is 0 Å². The molecule has 4 rings (SSSR count). The first kappa shape index (κ1) is 15.2. The third-order valence-electron chi connectivity index (χ3n) is 4.89. The normalized spacial score (nSPS) is 25.7. The molecule has 2 aliphatic heterocycles. The summed E-state index contributed by atoms with van der Waals surface area (Å²) in [7, 11) is 0. The van der Waals surface area contributed by atoms with E-state index in [1.54, 1.807) is 6.33 Å². The van der Waals surface area contributed by atoms with Crippen molar-refractivity contribution >= 4 is 28.5 Å². The number of para-hydroxylation sites is 1. The van der Waals surface area contributed by atoms with Gasteiger partial charge in [0.15, 0.2) is 0 Å². The molecule has 1 atom stereocenters. The number of morpholine rings is 1. The van der Waals surface area contributed by atoms with Gasteiger partial charge >= 0.3 is 0 Å². The molecule has 0 spiro atoms. The van der Waals surface area contributed by atoms with Crippen molar-refractivity contribution in [2.75, 3.05) is 49.7 Å². The van der Waals surface area contributed by atoms with Crippen molar-refractivity contribution in [1.82, 2.24) is 14.9 Å². The first-order valence-corrected chi connectivity index (χ1v) is 9.37. The number of aromatic nitrogens is 2. The highest BCUT2D eigenvalue weighted by molar-refractivity contribution is 7.99. The Hall–Kier alpha value is -1.37. The van der Waals surface area contributed by atoms with Crippen LogP contribution in [0, 0.1) is 0 Å². The number of rotatable bonds is 4. The van der Waals surface area contributed by atoms with Gasteiger partial charge in [0.2, 0.25) is 0 Å². The van der Waals surface area contributed by atoms with E-state index in [1.807, 2.05) is 18.2 Å². The third kappa shape index (κ3) is 3.03.